The summed E-state index contributed by atoms with van der Waals surface area (Å²) in [6.07, 6.45) is 0. The molecule has 136 valence electrons. The molecular weight excluding hydrogens is 312 g/mol. The molecule has 25 heavy (non-hydrogen) atoms. The topological polar surface area (TPSA) is 50.4 Å². The van der Waals surface area contributed by atoms with Gasteiger partial charge in [0, 0.05) is 23.2 Å². The second-order valence-electron chi connectivity index (χ2n) is 8.45. The van der Waals surface area contributed by atoms with Crippen molar-refractivity contribution in [1.82, 2.24) is 10.6 Å². The van der Waals surface area contributed by atoms with Gasteiger partial charge in [0.2, 0.25) is 0 Å². The molecule has 0 fully saturated rings. The third-order valence-electron chi connectivity index (χ3n) is 3.67. The first-order valence-electron chi connectivity index (χ1n) is 8.75. The SMILES string of the molecule is CC(C)(C)NCc1c(OCC(=O)NC(C)(C)C)ccc2ccccc12. The van der Waals surface area contributed by atoms with Crippen LogP contribution in [0.1, 0.15) is 47.1 Å². The number of nitrogens with one attached hydrogen (secondary N) is 2. The molecule has 0 aliphatic rings. The Bertz CT molecular complexity index is 740. The molecule has 0 aliphatic carbocycles. The summed E-state index contributed by atoms with van der Waals surface area (Å²) in [5.41, 5.74) is 0.815. The zero-order chi connectivity index (χ0) is 18.7. The van der Waals surface area contributed by atoms with Crippen molar-refractivity contribution in [2.45, 2.75) is 59.2 Å². The predicted molar refractivity (Wildman–Crippen MR) is 104 cm³/mol. The molecule has 0 heterocycles. The van der Waals surface area contributed by atoms with Gasteiger partial charge >= 0.3 is 0 Å². The van der Waals surface area contributed by atoms with Crippen molar-refractivity contribution in [3.63, 3.8) is 0 Å². The number of hydrogen-bond donors (Lipinski definition) is 2. The van der Waals surface area contributed by atoms with E-state index in [1.807, 2.05) is 45.0 Å². The fourth-order valence-electron chi connectivity index (χ4n) is 2.58. The van der Waals surface area contributed by atoms with E-state index in [1.54, 1.807) is 0 Å². The van der Waals surface area contributed by atoms with E-state index in [4.69, 9.17) is 4.74 Å². The number of carbonyl (C=O) groups excluding carboxylic acids is 1. The minimum Gasteiger partial charge on any atom is -0.483 e. The number of carbonyl (C=O) groups is 1. The minimum atomic E-state index is -0.263. The molecule has 0 radical (unpaired) electrons. The van der Waals surface area contributed by atoms with Crippen molar-refractivity contribution in [1.29, 1.82) is 0 Å². The number of hydrogen-bond acceptors (Lipinski definition) is 3. The number of amides is 1. The van der Waals surface area contributed by atoms with Crippen molar-refractivity contribution in [2.75, 3.05) is 6.61 Å². The van der Waals surface area contributed by atoms with E-state index in [1.165, 1.54) is 5.39 Å². The molecular formula is C21H30N2O2. The van der Waals surface area contributed by atoms with Crippen LogP contribution in [-0.4, -0.2) is 23.6 Å². The molecule has 4 nitrogen and oxygen atoms in total. The van der Waals surface area contributed by atoms with Gasteiger partial charge in [-0.05, 0) is 58.4 Å². The van der Waals surface area contributed by atoms with E-state index in [0.717, 1.165) is 16.7 Å². The highest BCUT2D eigenvalue weighted by atomic mass is 16.5. The molecule has 0 atom stereocenters. The normalized spacial score (nSPS) is 12.2. The minimum absolute atomic E-state index is 0.00216. The van der Waals surface area contributed by atoms with Gasteiger partial charge in [0.05, 0.1) is 0 Å². The monoisotopic (exact) mass is 342 g/mol. The second-order valence-corrected chi connectivity index (χ2v) is 8.45. The second kappa shape index (κ2) is 7.44. The fraction of sp³-hybridized carbons (Fsp3) is 0.476. The average Bonchev–Trinajstić information content (AvgIpc) is 2.48. The highest BCUT2D eigenvalue weighted by molar-refractivity contribution is 5.88. The van der Waals surface area contributed by atoms with Gasteiger partial charge in [-0.2, -0.15) is 0 Å². The smallest absolute Gasteiger partial charge is 0.258 e. The fourth-order valence-corrected chi connectivity index (χ4v) is 2.58. The molecule has 4 heteroatoms. The van der Waals surface area contributed by atoms with E-state index in [9.17, 15) is 4.79 Å². The van der Waals surface area contributed by atoms with Gasteiger partial charge in [0.1, 0.15) is 5.75 Å². The van der Waals surface area contributed by atoms with Gasteiger partial charge in [-0.3, -0.25) is 4.79 Å². The molecule has 1 amide bonds. The molecule has 0 bridgehead atoms. The van der Waals surface area contributed by atoms with Crippen LogP contribution in [0.4, 0.5) is 0 Å². The molecule has 2 N–H and O–H groups in total. The molecule has 0 saturated carbocycles. The standard InChI is InChI=1S/C21H30N2O2/c1-20(2,3)22-13-17-16-10-8-7-9-15(16)11-12-18(17)25-14-19(24)23-21(4,5)6/h7-12,22H,13-14H2,1-6H3,(H,23,24). The molecule has 0 spiro atoms. The Morgan fingerprint density at radius 3 is 2.28 bits per heavy atom. The summed E-state index contributed by atoms with van der Waals surface area (Å²) in [5.74, 6) is 0.634. The van der Waals surface area contributed by atoms with Crippen LogP contribution in [0, 0.1) is 0 Å². The van der Waals surface area contributed by atoms with E-state index in [-0.39, 0.29) is 23.6 Å². The number of ether oxygens (including phenoxy) is 1. The molecule has 2 rings (SSSR count). The summed E-state index contributed by atoms with van der Waals surface area (Å²) < 4.78 is 5.87. The van der Waals surface area contributed by atoms with Gasteiger partial charge in [0.15, 0.2) is 6.61 Å². The van der Waals surface area contributed by atoms with Gasteiger partial charge < -0.3 is 15.4 Å². The Balaban J connectivity index is 2.24. The maximum Gasteiger partial charge on any atom is 0.258 e. The van der Waals surface area contributed by atoms with Gasteiger partial charge in [0.25, 0.3) is 5.91 Å². The number of benzene rings is 2. The Morgan fingerprint density at radius 2 is 1.64 bits per heavy atom. The third-order valence-corrected chi connectivity index (χ3v) is 3.67. The molecule has 0 aromatic heterocycles. The largest absolute Gasteiger partial charge is 0.483 e. The Morgan fingerprint density at radius 1 is 0.960 bits per heavy atom. The highest BCUT2D eigenvalue weighted by Gasteiger charge is 2.17. The van der Waals surface area contributed by atoms with Crippen molar-refractivity contribution in [2.24, 2.45) is 0 Å². The van der Waals surface area contributed by atoms with Crippen LogP contribution in [-0.2, 0) is 11.3 Å². The Labute approximate surface area is 151 Å². The van der Waals surface area contributed by atoms with Crippen molar-refractivity contribution >= 4 is 16.7 Å². The summed E-state index contributed by atoms with van der Waals surface area (Å²) in [6, 6.07) is 12.2. The van der Waals surface area contributed by atoms with Crippen LogP contribution < -0.4 is 15.4 Å². The van der Waals surface area contributed by atoms with E-state index >= 15 is 0 Å². The first-order chi connectivity index (χ1) is 11.6. The van der Waals surface area contributed by atoms with Crippen LogP contribution in [0.5, 0.6) is 5.75 Å². The molecule has 0 unspecified atom stereocenters. The molecule has 0 saturated heterocycles. The van der Waals surface area contributed by atoms with Gasteiger partial charge in [-0.1, -0.05) is 30.3 Å². The van der Waals surface area contributed by atoms with Crippen LogP contribution in [0.25, 0.3) is 10.8 Å². The van der Waals surface area contributed by atoms with Crippen LogP contribution in [0.15, 0.2) is 36.4 Å². The zero-order valence-corrected chi connectivity index (χ0v) is 16.2. The molecule has 2 aromatic rings. The lowest BCUT2D eigenvalue weighted by Crippen LogP contribution is -2.43. The van der Waals surface area contributed by atoms with Crippen molar-refractivity contribution in [3.05, 3.63) is 42.0 Å². The van der Waals surface area contributed by atoms with Crippen LogP contribution in [0.2, 0.25) is 0 Å². The third kappa shape index (κ3) is 6.05. The first kappa shape index (κ1) is 19.3. The maximum atomic E-state index is 12.1. The van der Waals surface area contributed by atoms with Gasteiger partial charge in [-0.15, -0.1) is 0 Å². The lowest BCUT2D eigenvalue weighted by atomic mass is 10.0. The number of fused-ring (bicyclic) bond motifs is 1. The summed E-state index contributed by atoms with van der Waals surface area (Å²) in [6.45, 7) is 13.0. The quantitative estimate of drug-likeness (QED) is 0.863. The van der Waals surface area contributed by atoms with Crippen LogP contribution >= 0.6 is 0 Å². The van der Waals surface area contributed by atoms with E-state index in [2.05, 4.69) is 43.5 Å². The van der Waals surface area contributed by atoms with E-state index < -0.39 is 0 Å². The molecule has 2 aromatic carbocycles. The number of rotatable bonds is 5. The summed E-state index contributed by atoms with van der Waals surface area (Å²) in [5, 5.41) is 8.75. The first-order valence-corrected chi connectivity index (χ1v) is 8.75. The summed E-state index contributed by atoms with van der Waals surface area (Å²) >= 11 is 0. The lowest BCUT2D eigenvalue weighted by molar-refractivity contribution is -0.124. The zero-order valence-electron chi connectivity index (χ0n) is 16.2. The lowest BCUT2D eigenvalue weighted by Gasteiger charge is -2.23. The summed E-state index contributed by atoms with van der Waals surface area (Å²) in [4.78, 5) is 12.1. The van der Waals surface area contributed by atoms with Gasteiger partial charge in [-0.25, -0.2) is 0 Å². The predicted octanol–water partition coefficient (Wildman–Crippen LogP) is 4.02. The highest BCUT2D eigenvalue weighted by Crippen LogP contribution is 2.28. The van der Waals surface area contributed by atoms with Crippen molar-refractivity contribution < 1.29 is 9.53 Å². The summed E-state index contributed by atoms with van der Waals surface area (Å²) in [7, 11) is 0. The average molecular weight is 342 g/mol. The Kier molecular flexibility index (Phi) is 5.73. The Hall–Kier alpha value is -2.07. The maximum absolute atomic E-state index is 12.1. The van der Waals surface area contributed by atoms with Crippen molar-refractivity contribution in [3.8, 4) is 5.75 Å². The molecule has 0 aliphatic heterocycles. The van der Waals surface area contributed by atoms with Crippen LogP contribution in [0.3, 0.4) is 0 Å². The van der Waals surface area contributed by atoms with E-state index in [0.29, 0.717) is 6.54 Å².